The lowest BCUT2D eigenvalue weighted by molar-refractivity contribution is -0.120. The Bertz CT molecular complexity index is 1150. The lowest BCUT2D eigenvalue weighted by atomic mass is 10.1. The maximum Gasteiger partial charge on any atom is 0.226 e. The van der Waals surface area contributed by atoms with E-state index in [1.54, 1.807) is 7.11 Å². The third-order valence-electron chi connectivity index (χ3n) is 4.53. The summed E-state index contributed by atoms with van der Waals surface area (Å²) in [5, 5.41) is 4.42. The molecule has 0 saturated heterocycles. The van der Waals surface area contributed by atoms with Crippen molar-refractivity contribution in [3.05, 3.63) is 76.9 Å². The van der Waals surface area contributed by atoms with E-state index in [9.17, 15) is 13.6 Å². The summed E-state index contributed by atoms with van der Waals surface area (Å²) in [5.74, 6) is -0.922. The number of nitrogens with one attached hydrogen (secondary N) is 1. The molecule has 4 aromatic rings. The van der Waals surface area contributed by atoms with E-state index in [2.05, 4.69) is 10.3 Å². The van der Waals surface area contributed by atoms with E-state index in [1.165, 1.54) is 29.5 Å². The predicted octanol–water partition coefficient (Wildman–Crippen LogP) is 4.21. The van der Waals surface area contributed by atoms with Crippen molar-refractivity contribution in [1.82, 2.24) is 14.7 Å². The molecule has 8 heteroatoms. The van der Waals surface area contributed by atoms with Gasteiger partial charge in [0, 0.05) is 34.9 Å². The molecule has 0 fully saturated rings. The molecule has 29 heavy (non-hydrogen) atoms. The highest BCUT2D eigenvalue weighted by atomic mass is 32.1. The van der Waals surface area contributed by atoms with E-state index in [1.807, 2.05) is 40.2 Å². The first-order valence-electron chi connectivity index (χ1n) is 8.84. The molecule has 2 heterocycles. The van der Waals surface area contributed by atoms with Gasteiger partial charge < -0.3 is 10.1 Å². The van der Waals surface area contributed by atoms with Crippen LogP contribution in [-0.2, 0) is 17.8 Å². The molecule has 0 aliphatic carbocycles. The van der Waals surface area contributed by atoms with Crippen molar-refractivity contribution in [3.63, 3.8) is 0 Å². The van der Waals surface area contributed by atoms with Crippen LogP contribution in [0.2, 0.25) is 0 Å². The van der Waals surface area contributed by atoms with Crippen LogP contribution in [0.3, 0.4) is 0 Å². The van der Waals surface area contributed by atoms with E-state index in [-0.39, 0.29) is 24.4 Å². The Morgan fingerprint density at radius 3 is 2.59 bits per heavy atom. The summed E-state index contributed by atoms with van der Waals surface area (Å²) in [6.07, 6.45) is 1.95. The molecular weight excluding hydrogens is 396 g/mol. The van der Waals surface area contributed by atoms with Crippen LogP contribution in [0.4, 0.5) is 8.78 Å². The van der Waals surface area contributed by atoms with Crippen molar-refractivity contribution < 1.29 is 18.3 Å². The number of rotatable bonds is 6. The minimum atomic E-state index is -0.679. The van der Waals surface area contributed by atoms with Gasteiger partial charge in [-0.25, -0.2) is 13.8 Å². The summed E-state index contributed by atoms with van der Waals surface area (Å²) in [4.78, 5) is 17.7. The standard InChI is InChI=1S/C21H17F2N3O2S/c1-28-15-7-5-13(6-8-15)19-11-26-14(12-29-21(26)25-19)9-20(27)24-10-16-17(22)3-2-4-18(16)23/h2-8,11-12H,9-10H2,1H3,(H,24,27). The van der Waals surface area contributed by atoms with Crippen molar-refractivity contribution in [2.24, 2.45) is 0 Å². The predicted molar refractivity (Wildman–Crippen MR) is 107 cm³/mol. The Morgan fingerprint density at radius 2 is 1.90 bits per heavy atom. The molecule has 0 radical (unpaired) electrons. The van der Waals surface area contributed by atoms with Gasteiger partial charge in [0.15, 0.2) is 4.96 Å². The molecule has 4 rings (SSSR count). The van der Waals surface area contributed by atoms with Crippen LogP contribution in [0, 0.1) is 11.6 Å². The summed E-state index contributed by atoms with van der Waals surface area (Å²) >= 11 is 1.43. The zero-order valence-corrected chi connectivity index (χ0v) is 16.3. The maximum atomic E-state index is 13.7. The van der Waals surface area contributed by atoms with Gasteiger partial charge in [-0.3, -0.25) is 9.20 Å². The van der Waals surface area contributed by atoms with Gasteiger partial charge in [-0.1, -0.05) is 6.07 Å². The number of carbonyl (C=O) groups excluding carboxylic acids is 1. The van der Waals surface area contributed by atoms with Gasteiger partial charge in [-0.2, -0.15) is 0 Å². The second-order valence-corrected chi connectivity index (χ2v) is 7.22. The number of carbonyl (C=O) groups is 1. The number of ether oxygens (including phenoxy) is 1. The normalized spacial score (nSPS) is 11.0. The number of halogens is 2. The monoisotopic (exact) mass is 413 g/mol. The zero-order valence-electron chi connectivity index (χ0n) is 15.5. The van der Waals surface area contributed by atoms with Crippen LogP contribution in [0.25, 0.3) is 16.2 Å². The van der Waals surface area contributed by atoms with Crippen LogP contribution >= 0.6 is 11.3 Å². The summed E-state index contributed by atoms with van der Waals surface area (Å²) in [6.45, 7) is -0.203. The van der Waals surface area contributed by atoms with E-state index in [0.717, 1.165) is 27.7 Å². The number of nitrogens with zero attached hydrogens (tertiary/aromatic N) is 2. The second-order valence-electron chi connectivity index (χ2n) is 6.39. The molecule has 0 bridgehead atoms. The van der Waals surface area contributed by atoms with E-state index in [4.69, 9.17) is 4.74 Å². The first-order chi connectivity index (χ1) is 14.0. The minimum Gasteiger partial charge on any atom is -0.497 e. The third-order valence-corrected chi connectivity index (χ3v) is 5.42. The Balaban J connectivity index is 1.48. The van der Waals surface area contributed by atoms with Gasteiger partial charge in [-0.15, -0.1) is 11.3 Å². The number of thiazole rings is 1. The number of hydrogen-bond acceptors (Lipinski definition) is 4. The van der Waals surface area contributed by atoms with E-state index < -0.39 is 11.6 Å². The molecule has 0 atom stereocenters. The zero-order chi connectivity index (χ0) is 20.4. The van der Waals surface area contributed by atoms with E-state index in [0.29, 0.717) is 0 Å². The fraction of sp³-hybridized carbons (Fsp3) is 0.143. The quantitative estimate of drug-likeness (QED) is 0.515. The summed E-state index contributed by atoms with van der Waals surface area (Å²) in [7, 11) is 1.61. The highest BCUT2D eigenvalue weighted by Gasteiger charge is 2.14. The van der Waals surface area contributed by atoms with Gasteiger partial charge in [0.05, 0.1) is 19.2 Å². The number of imidazole rings is 1. The van der Waals surface area contributed by atoms with E-state index >= 15 is 0 Å². The smallest absolute Gasteiger partial charge is 0.226 e. The molecule has 2 aromatic heterocycles. The molecule has 0 spiro atoms. The third kappa shape index (κ3) is 3.97. The molecular formula is C21H17F2N3O2S. The maximum absolute atomic E-state index is 13.7. The average molecular weight is 413 g/mol. The molecule has 148 valence electrons. The Morgan fingerprint density at radius 1 is 1.17 bits per heavy atom. The van der Waals surface area contributed by atoms with Crippen molar-refractivity contribution in [2.75, 3.05) is 7.11 Å². The van der Waals surface area contributed by atoms with Crippen LogP contribution in [0.15, 0.2) is 54.0 Å². The highest BCUT2D eigenvalue weighted by Crippen LogP contribution is 2.25. The summed E-state index contributed by atoms with van der Waals surface area (Å²) < 4.78 is 34.4. The number of hydrogen-bond donors (Lipinski definition) is 1. The molecule has 0 aliphatic heterocycles. The van der Waals surface area contributed by atoms with Crippen molar-refractivity contribution in [3.8, 4) is 17.0 Å². The fourth-order valence-corrected chi connectivity index (χ4v) is 3.85. The van der Waals surface area contributed by atoms with Gasteiger partial charge >= 0.3 is 0 Å². The van der Waals surface area contributed by atoms with Gasteiger partial charge in [0.25, 0.3) is 0 Å². The molecule has 0 aliphatic rings. The molecule has 1 amide bonds. The summed E-state index contributed by atoms with van der Waals surface area (Å²) in [6, 6.07) is 11.2. The SMILES string of the molecule is COc1ccc(-c2cn3c(CC(=O)NCc4c(F)cccc4F)csc3n2)cc1. The van der Waals surface area contributed by atoms with Crippen LogP contribution in [-0.4, -0.2) is 22.4 Å². The van der Waals surface area contributed by atoms with Crippen LogP contribution in [0.1, 0.15) is 11.3 Å². The van der Waals surface area contributed by atoms with Gasteiger partial charge in [-0.05, 0) is 36.4 Å². The Labute approximate surface area is 169 Å². The number of methoxy groups -OCH3 is 1. The van der Waals surface area contributed by atoms with Crippen molar-refractivity contribution in [1.29, 1.82) is 0 Å². The first-order valence-corrected chi connectivity index (χ1v) is 9.72. The Hall–Kier alpha value is -3.26. The van der Waals surface area contributed by atoms with Crippen LogP contribution in [0.5, 0.6) is 5.75 Å². The minimum absolute atomic E-state index is 0.0779. The van der Waals surface area contributed by atoms with Crippen molar-refractivity contribution >= 4 is 22.2 Å². The molecule has 0 saturated carbocycles. The average Bonchev–Trinajstić information content (AvgIpc) is 3.30. The van der Waals surface area contributed by atoms with Crippen molar-refractivity contribution in [2.45, 2.75) is 13.0 Å². The first kappa shape index (κ1) is 19.1. The number of benzene rings is 2. The van der Waals surface area contributed by atoms with Gasteiger partial charge in [0.2, 0.25) is 5.91 Å². The van der Waals surface area contributed by atoms with Gasteiger partial charge in [0.1, 0.15) is 17.4 Å². The molecule has 1 N–H and O–H groups in total. The summed E-state index contributed by atoms with van der Waals surface area (Å²) in [5.41, 5.74) is 2.33. The Kier molecular flexibility index (Phi) is 5.26. The number of fused-ring (bicyclic) bond motifs is 1. The number of aromatic nitrogens is 2. The lowest BCUT2D eigenvalue weighted by Gasteiger charge is -2.07. The van der Waals surface area contributed by atoms with Crippen LogP contribution < -0.4 is 10.1 Å². The topological polar surface area (TPSA) is 55.6 Å². The largest absolute Gasteiger partial charge is 0.497 e. The molecule has 5 nitrogen and oxygen atoms in total. The number of amides is 1. The lowest BCUT2D eigenvalue weighted by Crippen LogP contribution is -2.26. The highest BCUT2D eigenvalue weighted by molar-refractivity contribution is 7.15. The molecule has 2 aromatic carbocycles. The second kappa shape index (κ2) is 8.00. The fourth-order valence-electron chi connectivity index (χ4n) is 2.97. The molecule has 0 unspecified atom stereocenters.